The zero-order chi connectivity index (χ0) is 10.4. The molecule has 0 fully saturated rings. The highest BCUT2D eigenvalue weighted by Gasteiger charge is 2.04. The van der Waals surface area contributed by atoms with Crippen molar-refractivity contribution >= 4 is 0 Å². The first-order valence-corrected chi connectivity index (χ1v) is 4.84. The van der Waals surface area contributed by atoms with Gasteiger partial charge in [-0.05, 0) is 37.5 Å². The Hall–Kier alpha value is -1.01. The summed E-state index contributed by atoms with van der Waals surface area (Å²) in [6.07, 6.45) is 1.79. The smallest absolute Gasteiger partial charge is 0.151 e. The molecule has 0 aliphatic heterocycles. The second kappa shape index (κ2) is 5.66. The van der Waals surface area contributed by atoms with E-state index in [2.05, 4.69) is 20.4 Å². The summed E-state index contributed by atoms with van der Waals surface area (Å²) in [5.41, 5.74) is 5.43. The molecular formula is C8H18N6. The fourth-order valence-electron chi connectivity index (χ4n) is 1.13. The van der Waals surface area contributed by atoms with E-state index >= 15 is 0 Å². The molecule has 0 amide bonds. The SMILES string of the molecule is CN(C)CCn1nnnc1CCCN. The van der Waals surface area contributed by atoms with Crippen LogP contribution in [0, 0.1) is 0 Å². The highest BCUT2D eigenvalue weighted by molar-refractivity contribution is 4.80. The Morgan fingerprint density at radius 3 is 2.86 bits per heavy atom. The zero-order valence-electron chi connectivity index (χ0n) is 8.85. The number of likely N-dealkylation sites (N-methyl/N-ethyl adjacent to an activating group) is 1. The lowest BCUT2D eigenvalue weighted by Gasteiger charge is -2.09. The van der Waals surface area contributed by atoms with Crippen LogP contribution >= 0.6 is 0 Å². The van der Waals surface area contributed by atoms with Crippen LogP contribution in [0.5, 0.6) is 0 Å². The maximum atomic E-state index is 5.43. The predicted octanol–water partition coefficient (Wildman–Crippen LogP) is -0.874. The normalized spacial score (nSPS) is 11.1. The molecule has 6 nitrogen and oxygen atoms in total. The third-order valence-electron chi connectivity index (χ3n) is 1.97. The van der Waals surface area contributed by atoms with Crippen LogP contribution in [0.15, 0.2) is 0 Å². The van der Waals surface area contributed by atoms with Crippen molar-refractivity contribution in [1.82, 2.24) is 25.1 Å². The molecule has 14 heavy (non-hydrogen) atoms. The van der Waals surface area contributed by atoms with Gasteiger partial charge in [-0.2, -0.15) is 0 Å². The molecule has 0 aliphatic rings. The first kappa shape index (κ1) is 11.1. The van der Waals surface area contributed by atoms with Crippen LogP contribution in [0.25, 0.3) is 0 Å². The second-order valence-corrected chi connectivity index (χ2v) is 3.51. The van der Waals surface area contributed by atoms with Crippen LogP contribution in [0.4, 0.5) is 0 Å². The number of hydrogen-bond donors (Lipinski definition) is 1. The first-order chi connectivity index (χ1) is 6.74. The third kappa shape index (κ3) is 3.39. The number of tetrazole rings is 1. The van der Waals surface area contributed by atoms with Crippen molar-refractivity contribution < 1.29 is 0 Å². The molecule has 0 bridgehead atoms. The highest BCUT2D eigenvalue weighted by atomic mass is 15.5. The standard InChI is InChI=1S/C8H18N6/c1-13(2)6-7-14-8(4-3-5-9)10-11-12-14/h3-7,9H2,1-2H3. The van der Waals surface area contributed by atoms with Crippen molar-refractivity contribution in [3.8, 4) is 0 Å². The maximum absolute atomic E-state index is 5.43. The molecule has 1 aromatic rings. The minimum absolute atomic E-state index is 0.681. The summed E-state index contributed by atoms with van der Waals surface area (Å²) in [4.78, 5) is 2.11. The van der Waals surface area contributed by atoms with Crippen molar-refractivity contribution in [3.05, 3.63) is 5.82 Å². The molecule has 2 N–H and O–H groups in total. The summed E-state index contributed by atoms with van der Waals surface area (Å²) in [7, 11) is 4.06. The molecule has 1 rings (SSSR count). The van der Waals surface area contributed by atoms with Crippen molar-refractivity contribution in [2.75, 3.05) is 27.2 Å². The number of rotatable bonds is 6. The Balaban J connectivity index is 2.45. The quantitative estimate of drug-likeness (QED) is 0.643. The Labute approximate surface area is 84.1 Å². The van der Waals surface area contributed by atoms with Gasteiger partial charge in [-0.15, -0.1) is 5.10 Å². The molecular weight excluding hydrogens is 180 g/mol. The van der Waals surface area contributed by atoms with Crippen LogP contribution < -0.4 is 5.73 Å². The van der Waals surface area contributed by atoms with Gasteiger partial charge < -0.3 is 10.6 Å². The Kier molecular flexibility index (Phi) is 4.48. The van der Waals surface area contributed by atoms with Gasteiger partial charge in [-0.3, -0.25) is 0 Å². The fraction of sp³-hybridized carbons (Fsp3) is 0.875. The van der Waals surface area contributed by atoms with Gasteiger partial charge in [-0.25, -0.2) is 4.68 Å². The van der Waals surface area contributed by atoms with Crippen molar-refractivity contribution in [2.24, 2.45) is 5.73 Å². The molecule has 80 valence electrons. The Morgan fingerprint density at radius 1 is 1.43 bits per heavy atom. The Bertz CT molecular complexity index is 256. The number of aryl methyl sites for hydroxylation is 1. The molecule has 0 radical (unpaired) electrons. The van der Waals surface area contributed by atoms with Crippen LogP contribution in [0.1, 0.15) is 12.2 Å². The minimum atomic E-state index is 0.681. The highest BCUT2D eigenvalue weighted by Crippen LogP contribution is 1.96. The lowest BCUT2D eigenvalue weighted by molar-refractivity contribution is 0.366. The van der Waals surface area contributed by atoms with Gasteiger partial charge in [0.2, 0.25) is 0 Å². The lowest BCUT2D eigenvalue weighted by atomic mass is 10.3. The van der Waals surface area contributed by atoms with E-state index < -0.39 is 0 Å². The van der Waals surface area contributed by atoms with Gasteiger partial charge in [0, 0.05) is 13.0 Å². The zero-order valence-corrected chi connectivity index (χ0v) is 8.85. The van der Waals surface area contributed by atoms with E-state index in [4.69, 9.17) is 5.73 Å². The maximum Gasteiger partial charge on any atom is 0.151 e. The third-order valence-corrected chi connectivity index (χ3v) is 1.97. The van der Waals surface area contributed by atoms with Crippen molar-refractivity contribution in [3.63, 3.8) is 0 Å². The van der Waals surface area contributed by atoms with Crippen LogP contribution in [-0.4, -0.2) is 52.3 Å². The van der Waals surface area contributed by atoms with Crippen molar-refractivity contribution in [1.29, 1.82) is 0 Å². The molecule has 1 aromatic heterocycles. The summed E-state index contributed by atoms with van der Waals surface area (Å²) in [6.45, 7) is 2.46. The summed E-state index contributed by atoms with van der Waals surface area (Å²) in [5, 5.41) is 11.5. The van der Waals surface area contributed by atoms with Gasteiger partial charge in [0.1, 0.15) is 0 Å². The largest absolute Gasteiger partial charge is 0.330 e. The van der Waals surface area contributed by atoms with Crippen LogP contribution in [-0.2, 0) is 13.0 Å². The molecule has 0 saturated carbocycles. The van der Waals surface area contributed by atoms with E-state index in [1.165, 1.54) is 0 Å². The molecule has 0 spiro atoms. The molecule has 6 heteroatoms. The summed E-state index contributed by atoms with van der Waals surface area (Å²) >= 11 is 0. The lowest BCUT2D eigenvalue weighted by Crippen LogP contribution is -2.20. The molecule has 1 heterocycles. The van der Waals surface area contributed by atoms with Gasteiger partial charge in [0.05, 0.1) is 6.54 Å². The molecule has 0 saturated heterocycles. The van der Waals surface area contributed by atoms with E-state index in [1.807, 2.05) is 18.8 Å². The number of nitrogens with two attached hydrogens (primary N) is 1. The van der Waals surface area contributed by atoms with E-state index in [1.54, 1.807) is 0 Å². The summed E-state index contributed by atoms with van der Waals surface area (Å²) in [6, 6.07) is 0. The molecule has 0 unspecified atom stereocenters. The van der Waals surface area contributed by atoms with Gasteiger partial charge in [-0.1, -0.05) is 0 Å². The van der Waals surface area contributed by atoms with Crippen molar-refractivity contribution in [2.45, 2.75) is 19.4 Å². The number of aromatic nitrogens is 4. The number of nitrogens with zero attached hydrogens (tertiary/aromatic N) is 5. The van der Waals surface area contributed by atoms with E-state index in [9.17, 15) is 0 Å². The average molecular weight is 198 g/mol. The average Bonchev–Trinajstić information content (AvgIpc) is 2.58. The van der Waals surface area contributed by atoms with E-state index in [-0.39, 0.29) is 0 Å². The van der Waals surface area contributed by atoms with Crippen LogP contribution in [0.3, 0.4) is 0 Å². The van der Waals surface area contributed by atoms with Crippen LogP contribution in [0.2, 0.25) is 0 Å². The monoisotopic (exact) mass is 198 g/mol. The summed E-state index contributed by atoms with van der Waals surface area (Å²) in [5.74, 6) is 0.928. The van der Waals surface area contributed by atoms with E-state index in [0.717, 1.165) is 31.8 Å². The summed E-state index contributed by atoms with van der Waals surface area (Å²) < 4.78 is 1.84. The van der Waals surface area contributed by atoms with Gasteiger partial charge >= 0.3 is 0 Å². The van der Waals surface area contributed by atoms with Gasteiger partial charge in [0.15, 0.2) is 5.82 Å². The second-order valence-electron chi connectivity index (χ2n) is 3.51. The van der Waals surface area contributed by atoms with Gasteiger partial charge in [0.25, 0.3) is 0 Å². The number of hydrogen-bond acceptors (Lipinski definition) is 5. The fourth-order valence-corrected chi connectivity index (χ4v) is 1.13. The first-order valence-electron chi connectivity index (χ1n) is 4.84. The molecule has 0 atom stereocenters. The predicted molar refractivity (Wildman–Crippen MR) is 53.7 cm³/mol. The Morgan fingerprint density at radius 2 is 2.21 bits per heavy atom. The minimum Gasteiger partial charge on any atom is -0.330 e. The topological polar surface area (TPSA) is 72.9 Å². The molecule has 0 aromatic carbocycles. The molecule has 0 aliphatic carbocycles. The van der Waals surface area contributed by atoms with E-state index in [0.29, 0.717) is 6.54 Å².